The number of carbonyl (C=O) groups excluding carboxylic acids is 1. The maximum Gasteiger partial charge on any atom is 0.253 e. The molecule has 0 N–H and O–H groups in total. The maximum absolute atomic E-state index is 12.5. The first-order valence-corrected chi connectivity index (χ1v) is 9.00. The van der Waals surface area contributed by atoms with Gasteiger partial charge in [0.1, 0.15) is 0 Å². The van der Waals surface area contributed by atoms with Gasteiger partial charge in [-0.25, -0.2) is 0 Å². The summed E-state index contributed by atoms with van der Waals surface area (Å²) in [6.45, 7) is 0.849. The van der Waals surface area contributed by atoms with E-state index >= 15 is 0 Å². The van der Waals surface area contributed by atoms with Gasteiger partial charge in [-0.3, -0.25) is 9.78 Å². The van der Waals surface area contributed by atoms with E-state index in [9.17, 15) is 4.79 Å². The molecule has 1 heterocycles. The topological polar surface area (TPSA) is 33.2 Å². The summed E-state index contributed by atoms with van der Waals surface area (Å²) in [4.78, 5) is 18.4. The summed E-state index contributed by atoms with van der Waals surface area (Å²) in [5, 5.41) is 0. The van der Waals surface area contributed by atoms with Crippen molar-refractivity contribution >= 4 is 5.91 Å². The molecule has 24 heavy (non-hydrogen) atoms. The van der Waals surface area contributed by atoms with E-state index in [0.29, 0.717) is 0 Å². The molecular formula is C21H26N2O. The van der Waals surface area contributed by atoms with Crippen molar-refractivity contribution in [3.63, 3.8) is 0 Å². The van der Waals surface area contributed by atoms with Crippen molar-refractivity contribution < 1.29 is 4.79 Å². The van der Waals surface area contributed by atoms with Gasteiger partial charge in [-0.05, 0) is 54.2 Å². The Bertz CT molecular complexity index is 645. The Balaban J connectivity index is 1.54. The lowest BCUT2D eigenvalue weighted by Gasteiger charge is -2.18. The molecule has 3 heteroatoms. The molecule has 1 aromatic carbocycles. The zero-order chi connectivity index (χ0) is 16.8. The second kappa shape index (κ2) is 8.09. The summed E-state index contributed by atoms with van der Waals surface area (Å²) in [5.74, 6) is 1.01. The molecule has 0 aliphatic heterocycles. The summed E-state index contributed by atoms with van der Waals surface area (Å²) in [7, 11) is 1.91. The number of rotatable bonds is 6. The molecule has 3 rings (SSSR count). The smallest absolute Gasteiger partial charge is 0.253 e. The molecule has 1 aliphatic carbocycles. The second-order valence-corrected chi connectivity index (χ2v) is 6.83. The maximum atomic E-state index is 12.5. The van der Waals surface area contributed by atoms with E-state index in [1.165, 1.54) is 32.1 Å². The van der Waals surface area contributed by atoms with Gasteiger partial charge in [0.15, 0.2) is 0 Å². The predicted octanol–water partition coefficient (Wildman–Crippen LogP) is 4.79. The van der Waals surface area contributed by atoms with E-state index < -0.39 is 0 Å². The van der Waals surface area contributed by atoms with Gasteiger partial charge in [-0.15, -0.1) is 0 Å². The monoisotopic (exact) mass is 322 g/mol. The lowest BCUT2D eigenvalue weighted by Crippen LogP contribution is -2.27. The summed E-state index contributed by atoms with van der Waals surface area (Å²) in [6.07, 6.45) is 11.5. The minimum Gasteiger partial charge on any atom is -0.342 e. The Kier molecular flexibility index (Phi) is 5.63. The summed E-state index contributed by atoms with van der Waals surface area (Å²) >= 11 is 0. The molecule has 0 unspecified atom stereocenters. The average Bonchev–Trinajstić information content (AvgIpc) is 3.15. The van der Waals surface area contributed by atoms with Crippen LogP contribution in [0.25, 0.3) is 11.1 Å². The number of nitrogens with zero attached hydrogens (tertiary/aromatic N) is 2. The minimum atomic E-state index is 0.114. The number of amides is 1. The van der Waals surface area contributed by atoms with Gasteiger partial charge in [0, 0.05) is 31.5 Å². The number of pyridine rings is 1. The lowest BCUT2D eigenvalue weighted by atomic mass is 10.0. The van der Waals surface area contributed by atoms with Crippen LogP contribution in [-0.4, -0.2) is 29.4 Å². The van der Waals surface area contributed by atoms with E-state index in [-0.39, 0.29) is 5.91 Å². The van der Waals surface area contributed by atoms with Crippen molar-refractivity contribution in [1.82, 2.24) is 9.88 Å². The molecule has 1 saturated carbocycles. The van der Waals surface area contributed by atoms with Gasteiger partial charge in [-0.1, -0.05) is 37.8 Å². The Hall–Kier alpha value is -2.16. The molecule has 3 nitrogen and oxygen atoms in total. The molecular weight excluding hydrogens is 296 g/mol. The van der Waals surface area contributed by atoms with Gasteiger partial charge in [0.05, 0.1) is 0 Å². The Morgan fingerprint density at radius 2 is 1.67 bits per heavy atom. The lowest BCUT2D eigenvalue weighted by molar-refractivity contribution is 0.0791. The number of hydrogen-bond donors (Lipinski definition) is 0. The Morgan fingerprint density at radius 1 is 1.04 bits per heavy atom. The summed E-state index contributed by atoms with van der Waals surface area (Å²) in [6, 6.07) is 11.8. The molecule has 2 aromatic rings. The molecule has 0 radical (unpaired) electrons. The van der Waals surface area contributed by atoms with Crippen LogP contribution in [0.5, 0.6) is 0 Å². The molecule has 0 saturated heterocycles. The highest BCUT2D eigenvalue weighted by Gasteiger charge is 2.16. The van der Waals surface area contributed by atoms with Crippen molar-refractivity contribution in [2.24, 2.45) is 5.92 Å². The third kappa shape index (κ3) is 4.22. The van der Waals surface area contributed by atoms with Gasteiger partial charge in [0.25, 0.3) is 5.91 Å². The van der Waals surface area contributed by atoms with Crippen LogP contribution in [0.2, 0.25) is 0 Å². The highest BCUT2D eigenvalue weighted by molar-refractivity contribution is 5.94. The number of aromatic nitrogens is 1. The Labute approximate surface area is 144 Å². The van der Waals surface area contributed by atoms with Gasteiger partial charge in [-0.2, -0.15) is 0 Å². The van der Waals surface area contributed by atoms with E-state index in [2.05, 4.69) is 4.98 Å². The minimum absolute atomic E-state index is 0.114. The third-order valence-corrected chi connectivity index (χ3v) is 5.07. The molecule has 1 aliphatic rings. The number of benzene rings is 1. The van der Waals surface area contributed by atoms with E-state index in [4.69, 9.17) is 0 Å². The first-order chi connectivity index (χ1) is 11.7. The second-order valence-electron chi connectivity index (χ2n) is 6.83. The van der Waals surface area contributed by atoms with Crippen LogP contribution < -0.4 is 0 Å². The molecule has 1 fully saturated rings. The molecule has 0 atom stereocenters. The quantitative estimate of drug-likeness (QED) is 0.766. The number of hydrogen-bond acceptors (Lipinski definition) is 2. The van der Waals surface area contributed by atoms with E-state index in [0.717, 1.165) is 35.6 Å². The molecule has 1 amide bonds. The Morgan fingerprint density at radius 3 is 2.33 bits per heavy atom. The van der Waals surface area contributed by atoms with Crippen LogP contribution in [0.1, 0.15) is 48.9 Å². The van der Waals surface area contributed by atoms with E-state index in [1.807, 2.05) is 48.3 Å². The van der Waals surface area contributed by atoms with Crippen LogP contribution in [0.3, 0.4) is 0 Å². The molecule has 0 spiro atoms. The largest absolute Gasteiger partial charge is 0.342 e. The van der Waals surface area contributed by atoms with Crippen LogP contribution in [0, 0.1) is 5.92 Å². The van der Waals surface area contributed by atoms with Crippen LogP contribution >= 0.6 is 0 Å². The molecule has 0 bridgehead atoms. The van der Waals surface area contributed by atoms with Gasteiger partial charge >= 0.3 is 0 Å². The SMILES string of the molecule is CN(CCCC1CCCC1)C(=O)c1ccc(-c2ccncc2)cc1. The van der Waals surface area contributed by atoms with Crippen molar-refractivity contribution in [3.8, 4) is 11.1 Å². The standard InChI is InChI=1S/C21H26N2O/c1-23(16-4-7-17-5-2-3-6-17)21(24)20-10-8-18(9-11-20)19-12-14-22-15-13-19/h8-15,17H,2-7,16H2,1H3. The summed E-state index contributed by atoms with van der Waals surface area (Å²) < 4.78 is 0. The predicted molar refractivity (Wildman–Crippen MR) is 97.8 cm³/mol. The van der Waals surface area contributed by atoms with Crippen LogP contribution in [-0.2, 0) is 0 Å². The van der Waals surface area contributed by atoms with Crippen molar-refractivity contribution in [2.45, 2.75) is 38.5 Å². The van der Waals surface area contributed by atoms with Crippen LogP contribution in [0.15, 0.2) is 48.8 Å². The summed E-state index contributed by atoms with van der Waals surface area (Å²) in [5.41, 5.74) is 2.99. The van der Waals surface area contributed by atoms with Crippen molar-refractivity contribution in [1.29, 1.82) is 0 Å². The van der Waals surface area contributed by atoms with Crippen molar-refractivity contribution in [2.75, 3.05) is 13.6 Å². The zero-order valence-corrected chi connectivity index (χ0v) is 14.4. The fourth-order valence-electron chi connectivity index (χ4n) is 3.59. The molecule has 1 aromatic heterocycles. The average molecular weight is 322 g/mol. The normalized spacial score (nSPS) is 14.7. The van der Waals surface area contributed by atoms with Gasteiger partial charge in [0.2, 0.25) is 0 Å². The van der Waals surface area contributed by atoms with Crippen LogP contribution in [0.4, 0.5) is 0 Å². The highest BCUT2D eigenvalue weighted by Crippen LogP contribution is 2.28. The van der Waals surface area contributed by atoms with Crippen molar-refractivity contribution in [3.05, 3.63) is 54.4 Å². The molecule has 126 valence electrons. The highest BCUT2D eigenvalue weighted by atomic mass is 16.2. The first-order valence-electron chi connectivity index (χ1n) is 9.00. The zero-order valence-electron chi connectivity index (χ0n) is 14.4. The fraction of sp³-hybridized carbons (Fsp3) is 0.429. The number of carbonyl (C=O) groups is 1. The van der Waals surface area contributed by atoms with E-state index in [1.54, 1.807) is 12.4 Å². The fourth-order valence-corrected chi connectivity index (χ4v) is 3.59. The third-order valence-electron chi connectivity index (χ3n) is 5.07. The first kappa shape index (κ1) is 16.7. The van der Waals surface area contributed by atoms with Gasteiger partial charge < -0.3 is 4.90 Å².